The minimum atomic E-state index is -1.18. The molecule has 1 radical (unpaired) electrons. The third-order valence-electron chi connectivity index (χ3n) is 2.06. The molecule has 105 valence electrons. The van der Waals surface area contributed by atoms with Gasteiger partial charge >= 0.3 is 19.5 Å². The van der Waals surface area contributed by atoms with Gasteiger partial charge in [-0.15, -0.1) is 12.4 Å². The summed E-state index contributed by atoms with van der Waals surface area (Å²) in [7, 11) is 8.06. The van der Waals surface area contributed by atoms with Gasteiger partial charge in [0, 0.05) is 12.6 Å². The molecular weight excluding hydrogens is 318 g/mol. The van der Waals surface area contributed by atoms with Crippen LogP contribution in [0.5, 0.6) is 0 Å². The van der Waals surface area contributed by atoms with Crippen LogP contribution in [0, 0.1) is 0 Å². The molecule has 0 fully saturated rings. The first kappa shape index (κ1) is 30.8. The number of halogens is 2. The van der Waals surface area contributed by atoms with Crippen molar-refractivity contribution >= 4 is 12.4 Å². The molecule has 5 N–H and O–H groups in total. The summed E-state index contributed by atoms with van der Waals surface area (Å²) in [5, 5.41) is 17.5. The van der Waals surface area contributed by atoms with Crippen LogP contribution in [0.3, 0.4) is 0 Å². The van der Waals surface area contributed by atoms with Crippen LogP contribution in [0.4, 0.5) is 0 Å². The molecular formula is C9H26Cl2N3O2Zn. The van der Waals surface area contributed by atoms with E-state index in [1.54, 1.807) is 0 Å². The van der Waals surface area contributed by atoms with Crippen molar-refractivity contribution in [2.24, 2.45) is 0 Å². The average molecular weight is 345 g/mol. The predicted octanol–water partition coefficient (Wildman–Crippen LogP) is -2.85. The molecule has 1 atom stereocenters. The molecule has 0 aromatic rings. The first-order chi connectivity index (χ1) is 5.93. The molecule has 0 aliphatic heterocycles. The smallest absolute Gasteiger partial charge is 1.00 e. The van der Waals surface area contributed by atoms with E-state index in [1.807, 2.05) is 28.2 Å². The van der Waals surface area contributed by atoms with Gasteiger partial charge in [0.1, 0.15) is 0 Å². The Morgan fingerprint density at radius 1 is 1.00 bits per heavy atom. The summed E-state index contributed by atoms with van der Waals surface area (Å²) < 4.78 is 0. The van der Waals surface area contributed by atoms with Crippen molar-refractivity contribution in [1.29, 1.82) is 0 Å². The molecule has 0 saturated carbocycles. The Labute approximate surface area is 130 Å². The fraction of sp³-hybridized carbons (Fsp3) is 1.00. The molecule has 17 heavy (non-hydrogen) atoms. The van der Waals surface area contributed by atoms with E-state index in [9.17, 15) is 0 Å². The van der Waals surface area contributed by atoms with Gasteiger partial charge in [-0.25, -0.2) is 0 Å². The minimum absolute atomic E-state index is 0. The quantitative estimate of drug-likeness (QED) is 0.357. The van der Waals surface area contributed by atoms with Crippen molar-refractivity contribution in [3.05, 3.63) is 0 Å². The van der Waals surface area contributed by atoms with E-state index in [4.69, 9.17) is 10.2 Å². The zero-order chi connectivity index (χ0) is 10.4. The topological polar surface area (TPSA) is 81.9 Å². The fourth-order valence-electron chi connectivity index (χ4n) is 1.28. The molecule has 0 aliphatic rings. The maximum atomic E-state index is 8.74. The Balaban J connectivity index is -0.000000120. The predicted molar refractivity (Wildman–Crippen MR) is 65.8 cm³/mol. The standard InChI is InChI=1S/C9H22N2O2.2ClH.H3N.Zn/c1-10(2)7-8(11(3)4)5-6-9(12)13;;;;/h8-9,12-13H,5-7H2,1-4H3;2*1H;1H3;/q;;;;+1/p-1. The Hall–Kier alpha value is 1.00. The van der Waals surface area contributed by atoms with Crippen LogP contribution in [0.25, 0.3) is 0 Å². The second-order valence-corrected chi connectivity index (χ2v) is 3.94. The molecule has 0 aliphatic carbocycles. The van der Waals surface area contributed by atoms with E-state index in [0.29, 0.717) is 12.5 Å². The van der Waals surface area contributed by atoms with Crippen LogP contribution in [0.2, 0.25) is 0 Å². The van der Waals surface area contributed by atoms with E-state index in [1.165, 1.54) is 0 Å². The molecule has 5 nitrogen and oxygen atoms in total. The van der Waals surface area contributed by atoms with Crippen LogP contribution in [-0.2, 0) is 19.5 Å². The zero-order valence-corrected chi connectivity index (χ0v) is 15.8. The molecule has 0 heterocycles. The van der Waals surface area contributed by atoms with Gasteiger partial charge in [-0.2, -0.15) is 0 Å². The van der Waals surface area contributed by atoms with Gasteiger partial charge in [-0.1, -0.05) is 0 Å². The average Bonchev–Trinajstić information content (AvgIpc) is 1.96. The number of rotatable bonds is 6. The molecule has 0 aromatic heterocycles. The van der Waals surface area contributed by atoms with Crippen LogP contribution in [0.1, 0.15) is 12.8 Å². The Bertz CT molecular complexity index is 143. The van der Waals surface area contributed by atoms with Crippen molar-refractivity contribution in [3.63, 3.8) is 0 Å². The molecule has 0 amide bonds. The van der Waals surface area contributed by atoms with Crippen molar-refractivity contribution in [2.45, 2.75) is 25.2 Å². The van der Waals surface area contributed by atoms with Crippen molar-refractivity contribution in [3.8, 4) is 0 Å². The number of hydrogen-bond acceptors (Lipinski definition) is 5. The minimum Gasteiger partial charge on any atom is -1.00 e. The van der Waals surface area contributed by atoms with Gasteiger partial charge in [0.2, 0.25) is 0 Å². The monoisotopic (exact) mass is 342 g/mol. The Morgan fingerprint density at radius 2 is 1.41 bits per heavy atom. The van der Waals surface area contributed by atoms with Gasteiger partial charge in [-0.3, -0.25) is 0 Å². The Morgan fingerprint density at radius 3 is 1.65 bits per heavy atom. The molecule has 8 heteroatoms. The van der Waals surface area contributed by atoms with E-state index >= 15 is 0 Å². The second kappa shape index (κ2) is 17.0. The molecule has 0 spiro atoms. The molecule has 0 rings (SSSR count). The van der Waals surface area contributed by atoms with Gasteiger partial charge in [0.05, 0.1) is 0 Å². The normalized spacial score (nSPS) is 11.1. The maximum absolute atomic E-state index is 8.74. The maximum Gasteiger partial charge on any atom is 1.00 e. The molecule has 0 bridgehead atoms. The number of hydrogen-bond donors (Lipinski definition) is 3. The number of aliphatic hydroxyl groups is 2. The van der Waals surface area contributed by atoms with Crippen LogP contribution < -0.4 is 18.6 Å². The van der Waals surface area contributed by atoms with Crippen LogP contribution in [-0.4, -0.2) is 67.1 Å². The van der Waals surface area contributed by atoms with E-state index in [-0.39, 0.29) is 50.4 Å². The van der Waals surface area contributed by atoms with Crippen molar-refractivity contribution < 1.29 is 42.1 Å². The van der Waals surface area contributed by atoms with Crippen molar-refractivity contribution in [2.75, 3.05) is 34.7 Å². The van der Waals surface area contributed by atoms with Crippen molar-refractivity contribution in [1.82, 2.24) is 16.0 Å². The second-order valence-electron chi connectivity index (χ2n) is 3.94. The number of aliphatic hydroxyl groups excluding tert-OH is 1. The van der Waals surface area contributed by atoms with E-state index in [0.717, 1.165) is 13.0 Å². The molecule has 1 unspecified atom stereocenters. The summed E-state index contributed by atoms with van der Waals surface area (Å²) in [5.74, 6) is 0. The van der Waals surface area contributed by atoms with Gasteiger partial charge < -0.3 is 38.6 Å². The molecule has 0 saturated heterocycles. The van der Waals surface area contributed by atoms with Gasteiger partial charge in [0.25, 0.3) is 0 Å². The van der Waals surface area contributed by atoms with Crippen LogP contribution in [0.15, 0.2) is 0 Å². The summed E-state index contributed by atoms with van der Waals surface area (Å²) in [6.45, 7) is 0.944. The van der Waals surface area contributed by atoms with Crippen LogP contribution >= 0.6 is 12.4 Å². The Kier molecular flexibility index (Phi) is 30.8. The first-order valence-electron chi connectivity index (χ1n) is 4.60. The fourth-order valence-corrected chi connectivity index (χ4v) is 1.28. The zero-order valence-electron chi connectivity index (χ0n) is 11.3. The summed E-state index contributed by atoms with van der Waals surface area (Å²) in [6.07, 6.45) is 0.0733. The third kappa shape index (κ3) is 19.5. The summed E-state index contributed by atoms with van der Waals surface area (Å²) in [6, 6.07) is 0.386. The SMILES string of the molecule is CN(C)CC(CCC(O)O)N(C)C.Cl.N.[Cl-].[Zn+]. The largest absolute Gasteiger partial charge is 1.00 e. The van der Waals surface area contributed by atoms with Gasteiger partial charge in [0.15, 0.2) is 6.29 Å². The summed E-state index contributed by atoms with van der Waals surface area (Å²) >= 11 is 0. The molecule has 0 aromatic carbocycles. The summed E-state index contributed by atoms with van der Waals surface area (Å²) in [4.78, 5) is 4.22. The van der Waals surface area contributed by atoms with Gasteiger partial charge in [-0.05, 0) is 41.0 Å². The number of likely N-dealkylation sites (N-methyl/N-ethyl adjacent to an activating group) is 2. The summed E-state index contributed by atoms with van der Waals surface area (Å²) in [5.41, 5.74) is 0. The van der Waals surface area contributed by atoms with E-state index < -0.39 is 6.29 Å². The first-order valence-corrected chi connectivity index (χ1v) is 4.60. The van der Waals surface area contributed by atoms with E-state index in [2.05, 4.69) is 9.80 Å². The third-order valence-corrected chi connectivity index (χ3v) is 2.06. The number of nitrogens with zero attached hydrogens (tertiary/aromatic N) is 2.